The average molecular weight is 321 g/mol. The van der Waals surface area contributed by atoms with Crippen molar-refractivity contribution >= 4 is 21.9 Å². The minimum absolute atomic E-state index is 0.0477. The molecule has 21 heavy (non-hydrogen) atoms. The van der Waals surface area contributed by atoms with E-state index in [0.717, 1.165) is 4.90 Å². The Morgan fingerprint density at radius 3 is 2.29 bits per heavy atom. The molecule has 0 radical (unpaired) electrons. The summed E-state index contributed by atoms with van der Waals surface area (Å²) < 4.78 is 28.9. The number of hydrogen-bond acceptors (Lipinski definition) is 5. The van der Waals surface area contributed by atoms with Crippen LogP contribution in [0.25, 0.3) is 0 Å². The van der Waals surface area contributed by atoms with Gasteiger partial charge in [-0.2, -0.15) is 0 Å². The second-order valence-corrected chi connectivity index (χ2v) is 8.44. The molecule has 1 N–H and O–H groups in total. The number of sulfone groups is 1. The second kappa shape index (κ2) is 5.82. The maximum Gasteiger partial charge on any atom is 0.411 e. The van der Waals surface area contributed by atoms with Gasteiger partial charge >= 0.3 is 12.1 Å². The number of carbonyl (C=O) groups is 2. The Labute approximate surface area is 125 Å². The lowest BCUT2D eigenvalue weighted by molar-refractivity contribution is -0.150. The number of carboxylic acids is 1. The minimum atomic E-state index is -3.50. The third kappa shape index (κ3) is 4.09. The minimum Gasteiger partial charge on any atom is -0.479 e. The van der Waals surface area contributed by atoms with Gasteiger partial charge in [0, 0.05) is 6.54 Å². The molecule has 1 aliphatic heterocycles. The summed E-state index contributed by atoms with van der Waals surface area (Å²) in [6.07, 6.45) is -0.479. The largest absolute Gasteiger partial charge is 0.479 e. The van der Waals surface area contributed by atoms with E-state index < -0.39 is 38.8 Å². The van der Waals surface area contributed by atoms with Gasteiger partial charge in [-0.05, 0) is 40.5 Å². The zero-order valence-corrected chi connectivity index (χ0v) is 13.7. The second-order valence-electron chi connectivity index (χ2n) is 6.26. The highest BCUT2D eigenvalue weighted by molar-refractivity contribution is 7.91. The molecule has 1 rings (SSSR count). The molecule has 1 amide bonds. The van der Waals surface area contributed by atoms with E-state index in [1.54, 1.807) is 27.7 Å². The van der Waals surface area contributed by atoms with Gasteiger partial charge in [0.2, 0.25) is 0 Å². The van der Waals surface area contributed by atoms with Crippen LogP contribution in [0.15, 0.2) is 0 Å². The van der Waals surface area contributed by atoms with Crippen LogP contribution in [0, 0.1) is 0 Å². The standard InChI is InChI=1S/C13H23NO6S/c1-5-14(11(17)20-12(2,3)4)13(10(15)16)7-6-8-21(18,19)9-13/h5-9H2,1-4H3,(H,15,16). The fourth-order valence-electron chi connectivity index (χ4n) is 2.51. The Morgan fingerprint density at radius 2 is 1.90 bits per heavy atom. The highest BCUT2D eigenvalue weighted by atomic mass is 32.2. The van der Waals surface area contributed by atoms with Crippen LogP contribution in [0.2, 0.25) is 0 Å². The number of carbonyl (C=O) groups excluding carboxylic acids is 1. The Hall–Kier alpha value is -1.31. The van der Waals surface area contributed by atoms with Gasteiger partial charge in [-0.15, -0.1) is 0 Å². The number of aliphatic carboxylic acids is 1. The SMILES string of the molecule is CCN(C(=O)OC(C)(C)C)C1(C(=O)O)CCCS(=O)(=O)C1. The summed E-state index contributed by atoms with van der Waals surface area (Å²) in [6.45, 7) is 6.68. The van der Waals surface area contributed by atoms with E-state index >= 15 is 0 Å². The van der Waals surface area contributed by atoms with E-state index in [1.807, 2.05) is 0 Å². The number of rotatable bonds is 3. The summed E-state index contributed by atoms with van der Waals surface area (Å²) in [4.78, 5) is 25.0. The number of hydrogen-bond donors (Lipinski definition) is 1. The molecular formula is C13H23NO6S. The Kier molecular flexibility index (Phi) is 4.92. The number of nitrogens with zero attached hydrogens (tertiary/aromatic N) is 1. The van der Waals surface area contributed by atoms with Gasteiger partial charge < -0.3 is 9.84 Å². The maximum atomic E-state index is 12.3. The molecule has 1 fully saturated rings. The Morgan fingerprint density at radius 1 is 1.33 bits per heavy atom. The number of carboxylic acid groups (broad SMARTS) is 1. The van der Waals surface area contributed by atoms with E-state index in [-0.39, 0.29) is 25.1 Å². The van der Waals surface area contributed by atoms with Crippen LogP contribution in [-0.4, -0.2) is 59.7 Å². The Balaban J connectivity index is 3.18. The first-order valence-electron chi connectivity index (χ1n) is 6.88. The van der Waals surface area contributed by atoms with Crippen molar-refractivity contribution in [3.05, 3.63) is 0 Å². The molecule has 1 heterocycles. The first-order valence-corrected chi connectivity index (χ1v) is 8.70. The quantitative estimate of drug-likeness (QED) is 0.840. The molecule has 122 valence electrons. The molecule has 0 aromatic rings. The molecule has 0 spiro atoms. The van der Waals surface area contributed by atoms with E-state index in [0.29, 0.717) is 0 Å². The molecule has 1 aliphatic rings. The smallest absolute Gasteiger partial charge is 0.411 e. The summed E-state index contributed by atoms with van der Waals surface area (Å²) in [5.74, 6) is -1.92. The van der Waals surface area contributed by atoms with Crippen LogP contribution in [0.5, 0.6) is 0 Å². The van der Waals surface area contributed by atoms with Crippen LogP contribution in [0.4, 0.5) is 4.79 Å². The van der Waals surface area contributed by atoms with Gasteiger partial charge in [0.05, 0.1) is 11.5 Å². The summed E-state index contributed by atoms with van der Waals surface area (Å²) >= 11 is 0. The molecule has 7 nitrogen and oxygen atoms in total. The average Bonchev–Trinajstić information content (AvgIpc) is 2.25. The van der Waals surface area contributed by atoms with Crippen molar-refractivity contribution < 1.29 is 27.9 Å². The third-order valence-electron chi connectivity index (χ3n) is 3.35. The molecule has 1 unspecified atom stereocenters. The van der Waals surface area contributed by atoms with Gasteiger partial charge in [-0.25, -0.2) is 18.0 Å². The lowest BCUT2D eigenvalue weighted by atomic mass is 9.93. The highest BCUT2D eigenvalue weighted by Gasteiger charge is 2.52. The molecular weight excluding hydrogens is 298 g/mol. The van der Waals surface area contributed by atoms with E-state index in [9.17, 15) is 23.1 Å². The monoisotopic (exact) mass is 321 g/mol. The summed E-state index contributed by atoms with van der Waals surface area (Å²) in [6, 6.07) is 0. The normalized spacial score (nSPS) is 25.1. The maximum absolute atomic E-state index is 12.3. The topological polar surface area (TPSA) is 101 Å². The van der Waals surface area contributed by atoms with Crippen molar-refractivity contribution in [3.63, 3.8) is 0 Å². The van der Waals surface area contributed by atoms with Crippen LogP contribution < -0.4 is 0 Å². The number of amides is 1. The zero-order chi connectivity index (χ0) is 16.5. The molecule has 0 bridgehead atoms. The van der Waals surface area contributed by atoms with Crippen molar-refractivity contribution in [1.82, 2.24) is 4.90 Å². The van der Waals surface area contributed by atoms with Gasteiger partial charge in [0.15, 0.2) is 15.4 Å². The van der Waals surface area contributed by atoms with Crippen LogP contribution in [-0.2, 0) is 19.4 Å². The molecule has 0 saturated carbocycles. The van der Waals surface area contributed by atoms with E-state index in [2.05, 4.69) is 0 Å². The molecule has 0 aromatic carbocycles. The van der Waals surface area contributed by atoms with Crippen LogP contribution in [0.3, 0.4) is 0 Å². The molecule has 1 saturated heterocycles. The third-order valence-corrected chi connectivity index (χ3v) is 5.18. The highest BCUT2D eigenvalue weighted by Crippen LogP contribution is 2.31. The van der Waals surface area contributed by atoms with Crippen molar-refractivity contribution in [2.75, 3.05) is 18.1 Å². The van der Waals surface area contributed by atoms with Gasteiger partial charge in [-0.3, -0.25) is 4.90 Å². The lowest BCUT2D eigenvalue weighted by Crippen LogP contribution is -2.63. The van der Waals surface area contributed by atoms with Gasteiger partial charge in [0.1, 0.15) is 5.60 Å². The zero-order valence-electron chi connectivity index (χ0n) is 12.9. The van der Waals surface area contributed by atoms with Crippen molar-refractivity contribution in [2.24, 2.45) is 0 Å². The summed E-state index contributed by atoms with van der Waals surface area (Å²) in [7, 11) is -3.50. The van der Waals surface area contributed by atoms with E-state index in [1.165, 1.54) is 0 Å². The van der Waals surface area contributed by atoms with Crippen molar-refractivity contribution in [1.29, 1.82) is 0 Å². The summed E-state index contributed by atoms with van der Waals surface area (Å²) in [5, 5.41) is 9.56. The molecule has 0 aromatic heterocycles. The predicted molar refractivity (Wildman–Crippen MR) is 76.9 cm³/mol. The first kappa shape index (κ1) is 17.7. The van der Waals surface area contributed by atoms with Crippen molar-refractivity contribution in [2.45, 2.75) is 51.7 Å². The van der Waals surface area contributed by atoms with E-state index in [4.69, 9.17) is 4.74 Å². The first-order chi connectivity index (χ1) is 9.43. The Bertz CT molecular complexity index is 521. The lowest BCUT2D eigenvalue weighted by Gasteiger charge is -2.42. The van der Waals surface area contributed by atoms with Gasteiger partial charge in [-0.1, -0.05) is 0 Å². The number of ether oxygens (including phenoxy) is 1. The van der Waals surface area contributed by atoms with Crippen LogP contribution in [0.1, 0.15) is 40.5 Å². The summed E-state index contributed by atoms with van der Waals surface area (Å²) in [5.41, 5.74) is -2.52. The number of likely N-dealkylation sites (N-methyl/N-ethyl adjacent to an activating group) is 1. The van der Waals surface area contributed by atoms with Gasteiger partial charge in [0.25, 0.3) is 0 Å². The molecule has 8 heteroatoms. The van der Waals surface area contributed by atoms with Crippen molar-refractivity contribution in [3.8, 4) is 0 Å². The molecule has 1 atom stereocenters. The van der Waals surface area contributed by atoms with Crippen LogP contribution >= 0.6 is 0 Å². The predicted octanol–water partition coefficient (Wildman–Crippen LogP) is 1.28. The fourth-order valence-corrected chi connectivity index (χ4v) is 4.39. The molecule has 0 aliphatic carbocycles. The fraction of sp³-hybridized carbons (Fsp3) is 0.846.